The lowest BCUT2D eigenvalue weighted by Gasteiger charge is -2.19. The fourth-order valence-corrected chi connectivity index (χ4v) is 3.86. The Morgan fingerprint density at radius 2 is 1.54 bits per heavy atom. The van der Waals surface area contributed by atoms with E-state index in [1.807, 2.05) is 6.07 Å². The third kappa shape index (κ3) is 3.91. The molecule has 0 atom stereocenters. The number of hydrogen-bond donors (Lipinski definition) is 0. The zero-order valence-electron chi connectivity index (χ0n) is 16.1. The van der Waals surface area contributed by atoms with Crippen LogP contribution >= 0.6 is 0 Å². The van der Waals surface area contributed by atoms with Crippen LogP contribution in [0.15, 0.2) is 60.7 Å². The summed E-state index contributed by atoms with van der Waals surface area (Å²) in [5.74, 6) is -0.576. The summed E-state index contributed by atoms with van der Waals surface area (Å²) in [6.07, 6.45) is 7.47. The van der Waals surface area contributed by atoms with E-state index in [-0.39, 0.29) is 11.6 Å². The molecule has 1 aliphatic carbocycles. The highest BCUT2D eigenvalue weighted by Crippen LogP contribution is 2.34. The van der Waals surface area contributed by atoms with Crippen molar-refractivity contribution in [2.24, 2.45) is 0 Å². The molecule has 0 spiro atoms. The summed E-state index contributed by atoms with van der Waals surface area (Å²) in [5, 5.41) is 0. The van der Waals surface area contributed by atoms with Crippen LogP contribution in [-0.4, -0.2) is 0 Å². The average molecular weight is 374 g/mol. The summed E-state index contributed by atoms with van der Waals surface area (Å²) in [5.41, 5.74) is 7.17. The molecule has 0 nitrogen and oxygen atoms in total. The maximum Gasteiger partial charge on any atom is 0.131 e. The van der Waals surface area contributed by atoms with Crippen molar-refractivity contribution in [2.75, 3.05) is 0 Å². The molecule has 0 unspecified atom stereocenters. The summed E-state index contributed by atoms with van der Waals surface area (Å²) in [4.78, 5) is 0. The zero-order chi connectivity index (χ0) is 19.5. The molecule has 0 aliphatic heterocycles. The molecular formula is C26H24F2. The minimum absolute atomic E-state index is 0.266. The largest absolute Gasteiger partial charge is 0.207 e. The molecule has 0 amide bonds. The van der Waals surface area contributed by atoms with Crippen LogP contribution < -0.4 is 0 Å². The number of fused-ring (bicyclic) bond motifs is 1. The molecule has 0 saturated heterocycles. The van der Waals surface area contributed by atoms with Gasteiger partial charge >= 0.3 is 0 Å². The zero-order valence-corrected chi connectivity index (χ0v) is 16.1. The Morgan fingerprint density at radius 1 is 0.821 bits per heavy atom. The molecule has 2 heteroatoms. The smallest absolute Gasteiger partial charge is 0.131 e. The summed E-state index contributed by atoms with van der Waals surface area (Å²) in [6, 6.07) is 18.3. The van der Waals surface area contributed by atoms with Gasteiger partial charge in [0.15, 0.2) is 0 Å². The molecule has 0 N–H and O–H groups in total. The van der Waals surface area contributed by atoms with Crippen molar-refractivity contribution in [2.45, 2.75) is 39.0 Å². The number of aryl methyl sites for hydroxylation is 2. The fraction of sp³-hybridized carbons (Fsp3) is 0.231. The second kappa shape index (κ2) is 8.10. The van der Waals surface area contributed by atoms with E-state index in [1.165, 1.54) is 41.7 Å². The first-order valence-electron chi connectivity index (χ1n) is 10.0. The van der Waals surface area contributed by atoms with E-state index in [2.05, 4.69) is 37.3 Å². The monoisotopic (exact) mass is 374 g/mol. The van der Waals surface area contributed by atoms with Gasteiger partial charge in [0, 0.05) is 5.56 Å². The van der Waals surface area contributed by atoms with Gasteiger partial charge in [-0.2, -0.15) is 0 Å². The molecule has 4 rings (SSSR count). The summed E-state index contributed by atoms with van der Waals surface area (Å²) < 4.78 is 27.9. The van der Waals surface area contributed by atoms with Crippen LogP contribution in [0.2, 0.25) is 0 Å². The quantitative estimate of drug-likeness (QED) is 0.435. The molecule has 0 aromatic heterocycles. The van der Waals surface area contributed by atoms with Crippen molar-refractivity contribution in [3.05, 3.63) is 94.6 Å². The highest BCUT2D eigenvalue weighted by Gasteiger charge is 2.16. The predicted molar refractivity (Wildman–Crippen MR) is 113 cm³/mol. The normalized spacial score (nSPS) is 13.2. The highest BCUT2D eigenvalue weighted by molar-refractivity contribution is 5.85. The molecule has 1 aliphatic rings. The van der Waals surface area contributed by atoms with E-state index in [1.54, 1.807) is 18.2 Å². The molecular weight excluding hydrogens is 350 g/mol. The third-order valence-corrected chi connectivity index (χ3v) is 5.52. The summed E-state index contributed by atoms with van der Waals surface area (Å²) in [6.45, 7) is 2.21. The maximum atomic E-state index is 14.7. The highest BCUT2D eigenvalue weighted by atomic mass is 19.1. The van der Waals surface area contributed by atoms with Gasteiger partial charge in [-0.1, -0.05) is 55.8 Å². The SMILES string of the molecule is CCCCc1ccc(C2=Cc3cc(F)c(-c4ccc(F)cc4)cc3CC2)cc1. The lowest BCUT2D eigenvalue weighted by Crippen LogP contribution is -2.01. The Hall–Kier alpha value is -2.74. The second-order valence-corrected chi connectivity index (χ2v) is 7.51. The van der Waals surface area contributed by atoms with Crippen LogP contribution in [0, 0.1) is 11.6 Å². The van der Waals surface area contributed by atoms with Gasteiger partial charge in [0.25, 0.3) is 0 Å². The van der Waals surface area contributed by atoms with Crippen LogP contribution in [0.3, 0.4) is 0 Å². The van der Waals surface area contributed by atoms with E-state index >= 15 is 0 Å². The molecule has 28 heavy (non-hydrogen) atoms. The number of hydrogen-bond acceptors (Lipinski definition) is 0. The van der Waals surface area contributed by atoms with Gasteiger partial charge in [0.05, 0.1) is 0 Å². The maximum absolute atomic E-state index is 14.7. The van der Waals surface area contributed by atoms with Gasteiger partial charge in [0.1, 0.15) is 11.6 Å². The first-order chi connectivity index (χ1) is 13.6. The summed E-state index contributed by atoms with van der Waals surface area (Å²) >= 11 is 0. The van der Waals surface area contributed by atoms with Crippen LogP contribution in [-0.2, 0) is 12.8 Å². The molecule has 0 saturated carbocycles. The van der Waals surface area contributed by atoms with Crippen molar-refractivity contribution in [3.8, 4) is 11.1 Å². The van der Waals surface area contributed by atoms with Gasteiger partial charge in [-0.3, -0.25) is 0 Å². The molecule has 0 radical (unpaired) electrons. The van der Waals surface area contributed by atoms with Gasteiger partial charge in [-0.25, -0.2) is 8.78 Å². The molecule has 0 fully saturated rings. The number of rotatable bonds is 5. The second-order valence-electron chi connectivity index (χ2n) is 7.51. The Labute approximate surface area is 165 Å². The molecule has 142 valence electrons. The third-order valence-electron chi connectivity index (χ3n) is 5.52. The van der Waals surface area contributed by atoms with Crippen molar-refractivity contribution in [1.29, 1.82) is 0 Å². The average Bonchev–Trinajstić information content (AvgIpc) is 2.72. The Balaban J connectivity index is 1.62. The Bertz CT molecular complexity index is 996. The molecule has 0 bridgehead atoms. The topological polar surface area (TPSA) is 0 Å². The van der Waals surface area contributed by atoms with Crippen molar-refractivity contribution in [1.82, 2.24) is 0 Å². The van der Waals surface area contributed by atoms with E-state index in [9.17, 15) is 8.78 Å². The number of benzene rings is 3. The van der Waals surface area contributed by atoms with E-state index in [0.717, 1.165) is 30.4 Å². The van der Waals surface area contributed by atoms with Crippen LogP contribution in [0.4, 0.5) is 8.78 Å². The van der Waals surface area contributed by atoms with Gasteiger partial charge in [0.2, 0.25) is 0 Å². The standard InChI is InChI=1S/C26H24F2/c1-2-3-4-18-5-7-19(8-6-18)21-9-10-22-16-25(26(28)17-23(22)15-21)20-11-13-24(27)14-12-20/h5-8,11-17H,2-4,9-10H2,1H3. The van der Waals surface area contributed by atoms with Gasteiger partial charge in [-0.15, -0.1) is 0 Å². The van der Waals surface area contributed by atoms with Crippen molar-refractivity contribution >= 4 is 11.6 Å². The van der Waals surface area contributed by atoms with E-state index in [4.69, 9.17) is 0 Å². The lowest BCUT2D eigenvalue weighted by molar-refractivity contribution is 0.625. The van der Waals surface area contributed by atoms with Gasteiger partial charge in [-0.05, 0) is 83.3 Å². The number of unbranched alkanes of at least 4 members (excludes halogenated alkanes) is 1. The fourth-order valence-electron chi connectivity index (χ4n) is 3.86. The van der Waals surface area contributed by atoms with Crippen molar-refractivity contribution < 1.29 is 8.78 Å². The molecule has 0 heterocycles. The molecule has 3 aromatic rings. The first kappa shape index (κ1) is 18.6. The number of allylic oxidation sites excluding steroid dienone is 1. The minimum Gasteiger partial charge on any atom is -0.207 e. The Morgan fingerprint density at radius 3 is 2.25 bits per heavy atom. The lowest BCUT2D eigenvalue weighted by atomic mass is 9.86. The molecule has 3 aromatic carbocycles. The number of halogens is 2. The predicted octanol–water partition coefficient (Wildman–Crippen LogP) is 7.46. The van der Waals surface area contributed by atoms with Crippen molar-refractivity contribution in [3.63, 3.8) is 0 Å². The van der Waals surface area contributed by atoms with Crippen LogP contribution in [0.25, 0.3) is 22.8 Å². The first-order valence-corrected chi connectivity index (χ1v) is 10.0. The van der Waals surface area contributed by atoms with Crippen LogP contribution in [0.5, 0.6) is 0 Å². The van der Waals surface area contributed by atoms with E-state index in [0.29, 0.717) is 11.1 Å². The van der Waals surface area contributed by atoms with Crippen LogP contribution in [0.1, 0.15) is 48.4 Å². The van der Waals surface area contributed by atoms with Gasteiger partial charge < -0.3 is 0 Å². The Kier molecular flexibility index (Phi) is 5.38. The van der Waals surface area contributed by atoms with E-state index < -0.39 is 0 Å². The minimum atomic E-state index is -0.310. The summed E-state index contributed by atoms with van der Waals surface area (Å²) in [7, 11) is 0.